The molecule has 0 spiro atoms. The minimum absolute atomic E-state index is 0. The molecule has 17 heavy (non-hydrogen) atoms. The van der Waals surface area contributed by atoms with Crippen LogP contribution in [-0.4, -0.2) is 5.97 Å². The standard InChI is InChI=1S/C12H14BrNO2.ClH/c13-10-6-5-9(14)7-11(10)16-12(15)8-3-1-2-4-8;/h5-8H,1-4,14H2;1H. The number of halogens is 2. The van der Waals surface area contributed by atoms with Gasteiger partial charge in [0.1, 0.15) is 5.75 Å². The fourth-order valence-electron chi connectivity index (χ4n) is 1.95. The number of rotatable bonds is 2. The van der Waals surface area contributed by atoms with Gasteiger partial charge in [0.25, 0.3) is 0 Å². The maximum atomic E-state index is 11.8. The van der Waals surface area contributed by atoms with Crippen LogP contribution >= 0.6 is 28.3 Å². The average Bonchev–Trinajstić information content (AvgIpc) is 2.76. The van der Waals surface area contributed by atoms with Gasteiger partial charge in [-0.1, -0.05) is 12.8 Å². The van der Waals surface area contributed by atoms with Gasteiger partial charge in [0.2, 0.25) is 0 Å². The van der Waals surface area contributed by atoms with Crippen molar-refractivity contribution in [3.05, 3.63) is 22.7 Å². The molecule has 0 atom stereocenters. The third-order valence-electron chi connectivity index (χ3n) is 2.85. The monoisotopic (exact) mass is 319 g/mol. The molecule has 0 heterocycles. The highest BCUT2D eigenvalue weighted by Gasteiger charge is 2.25. The zero-order chi connectivity index (χ0) is 11.5. The first-order valence-corrected chi connectivity index (χ1v) is 6.23. The number of hydrogen-bond acceptors (Lipinski definition) is 3. The Morgan fingerprint density at radius 3 is 2.65 bits per heavy atom. The Labute approximate surface area is 115 Å². The first kappa shape index (κ1) is 14.3. The van der Waals surface area contributed by atoms with Gasteiger partial charge in [-0.25, -0.2) is 0 Å². The van der Waals surface area contributed by atoms with E-state index in [4.69, 9.17) is 10.5 Å². The van der Waals surface area contributed by atoms with Gasteiger partial charge in [-0.2, -0.15) is 0 Å². The van der Waals surface area contributed by atoms with Crippen LogP contribution < -0.4 is 10.5 Å². The number of ether oxygens (including phenoxy) is 1. The maximum absolute atomic E-state index is 11.8. The number of nitrogens with two attached hydrogens (primary N) is 1. The Bertz CT molecular complexity index is 405. The van der Waals surface area contributed by atoms with E-state index in [1.54, 1.807) is 18.2 Å². The van der Waals surface area contributed by atoms with Crippen molar-refractivity contribution in [1.82, 2.24) is 0 Å². The summed E-state index contributed by atoms with van der Waals surface area (Å²) in [6, 6.07) is 5.21. The lowest BCUT2D eigenvalue weighted by molar-refractivity contribution is -0.138. The summed E-state index contributed by atoms with van der Waals surface area (Å²) in [7, 11) is 0. The van der Waals surface area contributed by atoms with Crippen molar-refractivity contribution in [3.63, 3.8) is 0 Å². The highest BCUT2D eigenvalue weighted by atomic mass is 79.9. The van der Waals surface area contributed by atoms with Crippen molar-refractivity contribution in [1.29, 1.82) is 0 Å². The van der Waals surface area contributed by atoms with Gasteiger partial charge < -0.3 is 10.5 Å². The van der Waals surface area contributed by atoms with Crippen molar-refractivity contribution in [2.75, 3.05) is 5.73 Å². The van der Waals surface area contributed by atoms with E-state index in [1.165, 1.54) is 0 Å². The molecule has 5 heteroatoms. The first-order valence-electron chi connectivity index (χ1n) is 5.43. The summed E-state index contributed by atoms with van der Waals surface area (Å²) in [5.41, 5.74) is 6.24. The molecule has 2 rings (SSSR count). The minimum Gasteiger partial charge on any atom is -0.425 e. The molecule has 0 amide bonds. The molecule has 1 aromatic carbocycles. The Morgan fingerprint density at radius 2 is 2.00 bits per heavy atom. The van der Waals surface area contributed by atoms with Gasteiger partial charge >= 0.3 is 5.97 Å². The Kier molecular flexibility index (Phi) is 5.28. The lowest BCUT2D eigenvalue weighted by Gasteiger charge is -2.10. The molecule has 0 aromatic heterocycles. The zero-order valence-corrected chi connectivity index (χ0v) is 11.7. The van der Waals surface area contributed by atoms with E-state index >= 15 is 0 Å². The number of nitrogen functional groups attached to an aromatic ring is 1. The number of hydrogen-bond donors (Lipinski definition) is 1. The summed E-state index contributed by atoms with van der Waals surface area (Å²) < 4.78 is 6.10. The van der Waals surface area contributed by atoms with Gasteiger partial charge in [0.15, 0.2) is 0 Å². The van der Waals surface area contributed by atoms with Crippen molar-refractivity contribution in [3.8, 4) is 5.75 Å². The van der Waals surface area contributed by atoms with Gasteiger partial charge in [-0.3, -0.25) is 4.79 Å². The molecule has 0 unspecified atom stereocenters. The third kappa shape index (κ3) is 3.61. The first-order chi connectivity index (χ1) is 7.66. The predicted molar refractivity (Wildman–Crippen MR) is 73.4 cm³/mol. The minimum atomic E-state index is -0.135. The molecule has 1 aliphatic rings. The molecular weight excluding hydrogens is 305 g/mol. The molecule has 0 aliphatic heterocycles. The lowest BCUT2D eigenvalue weighted by Crippen LogP contribution is -2.17. The van der Waals surface area contributed by atoms with Crippen LogP contribution in [0.3, 0.4) is 0 Å². The van der Waals surface area contributed by atoms with Crippen LogP contribution in [-0.2, 0) is 4.79 Å². The van der Waals surface area contributed by atoms with E-state index in [0.29, 0.717) is 11.4 Å². The van der Waals surface area contributed by atoms with Crippen molar-refractivity contribution in [2.24, 2.45) is 5.92 Å². The number of carbonyl (C=O) groups is 1. The number of esters is 1. The largest absolute Gasteiger partial charge is 0.425 e. The summed E-state index contributed by atoms with van der Waals surface area (Å²) in [5.74, 6) is 0.439. The topological polar surface area (TPSA) is 52.3 Å². The van der Waals surface area contributed by atoms with Crippen LogP contribution in [0.1, 0.15) is 25.7 Å². The Balaban J connectivity index is 0.00000144. The molecule has 0 bridgehead atoms. The van der Waals surface area contributed by atoms with E-state index < -0.39 is 0 Å². The Morgan fingerprint density at radius 1 is 1.35 bits per heavy atom. The van der Waals surface area contributed by atoms with Gasteiger partial charge in [0, 0.05) is 11.8 Å². The highest BCUT2D eigenvalue weighted by Crippen LogP contribution is 2.30. The molecule has 1 aromatic rings. The normalized spacial score (nSPS) is 15.4. The third-order valence-corrected chi connectivity index (χ3v) is 3.51. The van der Waals surface area contributed by atoms with E-state index in [1.807, 2.05) is 0 Å². The smallest absolute Gasteiger partial charge is 0.314 e. The summed E-state index contributed by atoms with van der Waals surface area (Å²) >= 11 is 3.33. The second-order valence-electron chi connectivity index (χ2n) is 4.09. The SMILES string of the molecule is Cl.Nc1ccc(Br)c(OC(=O)C2CCCC2)c1. The van der Waals surface area contributed by atoms with E-state index in [0.717, 1.165) is 30.2 Å². The van der Waals surface area contributed by atoms with Gasteiger partial charge in [0.05, 0.1) is 10.4 Å². The summed E-state index contributed by atoms with van der Waals surface area (Å²) in [6.45, 7) is 0. The van der Waals surface area contributed by atoms with Crippen LogP contribution in [0.4, 0.5) is 5.69 Å². The van der Waals surface area contributed by atoms with Gasteiger partial charge in [-0.05, 0) is 40.9 Å². The van der Waals surface area contributed by atoms with Crippen molar-refractivity contribution in [2.45, 2.75) is 25.7 Å². The van der Waals surface area contributed by atoms with Crippen LogP contribution in [0.15, 0.2) is 22.7 Å². The molecule has 1 saturated carbocycles. The zero-order valence-electron chi connectivity index (χ0n) is 9.32. The van der Waals surface area contributed by atoms with E-state index in [-0.39, 0.29) is 24.3 Å². The molecule has 1 fully saturated rings. The quantitative estimate of drug-likeness (QED) is 0.515. The van der Waals surface area contributed by atoms with Crippen LogP contribution in [0.2, 0.25) is 0 Å². The lowest BCUT2D eigenvalue weighted by atomic mass is 10.1. The molecule has 0 saturated heterocycles. The number of benzene rings is 1. The fourth-order valence-corrected chi connectivity index (χ4v) is 2.28. The molecule has 94 valence electrons. The van der Waals surface area contributed by atoms with Crippen molar-refractivity contribution >= 4 is 40.0 Å². The number of carbonyl (C=O) groups excluding carboxylic acids is 1. The average molecular weight is 321 g/mol. The second-order valence-corrected chi connectivity index (χ2v) is 4.95. The van der Waals surface area contributed by atoms with Crippen LogP contribution in [0, 0.1) is 5.92 Å². The fraction of sp³-hybridized carbons (Fsp3) is 0.417. The number of anilines is 1. The van der Waals surface area contributed by atoms with E-state index in [9.17, 15) is 4.79 Å². The molecule has 2 N–H and O–H groups in total. The Hall–Kier alpha value is -0.740. The van der Waals surface area contributed by atoms with Crippen molar-refractivity contribution < 1.29 is 9.53 Å². The summed E-state index contributed by atoms with van der Waals surface area (Å²) in [6.07, 6.45) is 4.13. The summed E-state index contributed by atoms with van der Waals surface area (Å²) in [5, 5.41) is 0. The van der Waals surface area contributed by atoms with Crippen LogP contribution in [0.5, 0.6) is 5.75 Å². The molecular formula is C12H15BrClNO2. The highest BCUT2D eigenvalue weighted by molar-refractivity contribution is 9.10. The second kappa shape index (κ2) is 6.26. The molecule has 1 aliphatic carbocycles. The van der Waals surface area contributed by atoms with E-state index in [2.05, 4.69) is 15.9 Å². The maximum Gasteiger partial charge on any atom is 0.314 e. The molecule has 0 radical (unpaired) electrons. The predicted octanol–water partition coefficient (Wildman–Crippen LogP) is 3.55. The van der Waals surface area contributed by atoms with Crippen LogP contribution in [0.25, 0.3) is 0 Å². The van der Waals surface area contributed by atoms with Gasteiger partial charge in [-0.15, -0.1) is 12.4 Å². The molecule has 3 nitrogen and oxygen atoms in total. The summed E-state index contributed by atoms with van der Waals surface area (Å²) in [4.78, 5) is 11.8.